The van der Waals surface area contributed by atoms with Crippen LogP contribution >= 0.6 is 0 Å². The van der Waals surface area contributed by atoms with Crippen molar-refractivity contribution >= 4 is 12.1 Å². The summed E-state index contributed by atoms with van der Waals surface area (Å²) >= 11 is 0. The van der Waals surface area contributed by atoms with E-state index in [9.17, 15) is 9.59 Å². The lowest BCUT2D eigenvalue weighted by Gasteiger charge is -2.39. The van der Waals surface area contributed by atoms with Crippen LogP contribution in [0, 0.1) is 11.8 Å². The second-order valence-electron chi connectivity index (χ2n) is 7.78. The lowest BCUT2D eigenvalue weighted by Crippen LogP contribution is -2.53. The molecule has 146 valence electrons. The Kier molecular flexibility index (Phi) is 6.50. The number of carbonyl (C=O) groups is 2. The van der Waals surface area contributed by atoms with Crippen molar-refractivity contribution in [2.45, 2.75) is 46.1 Å². The second-order valence-corrected chi connectivity index (χ2v) is 7.78. The molecule has 0 unspecified atom stereocenters. The van der Waals surface area contributed by atoms with Crippen molar-refractivity contribution in [1.29, 1.82) is 0 Å². The van der Waals surface area contributed by atoms with Gasteiger partial charge >= 0.3 is 12.1 Å². The number of carbonyl (C=O) groups excluding carboxylic acids is 2. The van der Waals surface area contributed by atoms with Crippen molar-refractivity contribution < 1.29 is 28.3 Å². The molecule has 26 heavy (non-hydrogen) atoms. The first-order chi connectivity index (χ1) is 12.2. The van der Waals surface area contributed by atoms with Crippen LogP contribution in [0.25, 0.3) is 0 Å². The van der Waals surface area contributed by atoms with E-state index in [4.69, 9.17) is 14.0 Å². The van der Waals surface area contributed by atoms with Gasteiger partial charge in [0.1, 0.15) is 11.4 Å². The summed E-state index contributed by atoms with van der Waals surface area (Å²) in [7, 11) is 1.37. The average molecular weight is 368 g/mol. The van der Waals surface area contributed by atoms with Gasteiger partial charge in [-0.1, -0.05) is 6.92 Å². The Morgan fingerprint density at radius 2 is 2.08 bits per heavy atom. The van der Waals surface area contributed by atoms with Crippen LogP contribution in [-0.4, -0.2) is 54.5 Å². The summed E-state index contributed by atoms with van der Waals surface area (Å²) in [6, 6.07) is 1.73. The summed E-state index contributed by atoms with van der Waals surface area (Å²) in [5, 5.41) is 3.88. The van der Waals surface area contributed by atoms with Gasteiger partial charge in [-0.25, -0.2) is 4.79 Å². The average Bonchev–Trinajstić information content (AvgIpc) is 2.90. The SMILES string of the molecule is COC(=O)C[C@@H](C)Cc1cc(OCC2CN(C(=O)OC(C)(C)C)C2)no1. The number of ether oxygens (including phenoxy) is 3. The topological polar surface area (TPSA) is 91.1 Å². The minimum Gasteiger partial charge on any atom is -0.475 e. The summed E-state index contributed by atoms with van der Waals surface area (Å²) in [5.74, 6) is 1.19. The molecule has 2 rings (SSSR count). The largest absolute Gasteiger partial charge is 0.475 e. The van der Waals surface area contributed by atoms with E-state index in [1.807, 2.05) is 27.7 Å². The molecule has 2 heterocycles. The Morgan fingerprint density at radius 3 is 2.69 bits per heavy atom. The summed E-state index contributed by atoms with van der Waals surface area (Å²) in [5.41, 5.74) is -0.485. The molecule has 1 aliphatic heterocycles. The van der Waals surface area contributed by atoms with Crippen LogP contribution < -0.4 is 4.74 Å². The minimum absolute atomic E-state index is 0.0947. The van der Waals surface area contributed by atoms with Gasteiger partial charge in [0.2, 0.25) is 0 Å². The fraction of sp³-hybridized carbons (Fsp3) is 0.722. The van der Waals surface area contributed by atoms with Gasteiger partial charge in [-0.05, 0) is 31.8 Å². The van der Waals surface area contributed by atoms with E-state index in [2.05, 4.69) is 9.89 Å². The van der Waals surface area contributed by atoms with Crippen LogP contribution in [0.15, 0.2) is 10.6 Å². The molecule has 1 fully saturated rings. The van der Waals surface area contributed by atoms with Gasteiger partial charge in [-0.3, -0.25) is 4.79 Å². The van der Waals surface area contributed by atoms with E-state index in [1.54, 1.807) is 11.0 Å². The number of esters is 1. The molecular weight excluding hydrogens is 340 g/mol. The Labute approximate surface area is 153 Å². The van der Waals surface area contributed by atoms with Gasteiger partial charge in [-0.15, -0.1) is 0 Å². The van der Waals surface area contributed by atoms with E-state index < -0.39 is 5.60 Å². The van der Waals surface area contributed by atoms with E-state index in [0.29, 0.717) is 44.2 Å². The normalized spacial score (nSPS) is 16.0. The Bertz CT molecular complexity index is 615. The van der Waals surface area contributed by atoms with Crippen molar-refractivity contribution in [3.05, 3.63) is 11.8 Å². The number of hydrogen-bond acceptors (Lipinski definition) is 7. The highest BCUT2D eigenvalue weighted by Gasteiger charge is 2.34. The molecule has 8 heteroatoms. The van der Waals surface area contributed by atoms with Crippen LogP contribution in [0.4, 0.5) is 4.79 Å². The van der Waals surface area contributed by atoms with Crippen LogP contribution in [0.3, 0.4) is 0 Å². The predicted molar refractivity (Wildman–Crippen MR) is 92.8 cm³/mol. The molecule has 0 aromatic carbocycles. The third-order valence-corrected chi connectivity index (χ3v) is 3.91. The zero-order valence-electron chi connectivity index (χ0n) is 16.1. The predicted octanol–water partition coefficient (Wildman–Crippen LogP) is 2.66. The first-order valence-corrected chi connectivity index (χ1v) is 8.79. The second kappa shape index (κ2) is 8.42. The lowest BCUT2D eigenvalue weighted by atomic mass is 10.0. The maximum atomic E-state index is 11.9. The molecule has 0 N–H and O–H groups in total. The van der Waals surface area contributed by atoms with Crippen molar-refractivity contribution in [2.75, 3.05) is 26.8 Å². The molecule has 1 aliphatic rings. The first-order valence-electron chi connectivity index (χ1n) is 8.79. The summed E-state index contributed by atoms with van der Waals surface area (Å²) in [6.07, 6.45) is 0.620. The van der Waals surface area contributed by atoms with Crippen molar-refractivity contribution in [3.8, 4) is 5.88 Å². The van der Waals surface area contributed by atoms with E-state index in [0.717, 1.165) is 0 Å². The third kappa shape index (κ3) is 6.24. The first kappa shape index (κ1) is 20.1. The zero-order valence-corrected chi connectivity index (χ0v) is 16.1. The summed E-state index contributed by atoms with van der Waals surface area (Å²) < 4.78 is 20.8. The fourth-order valence-corrected chi connectivity index (χ4v) is 2.60. The van der Waals surface area contributed by atoms with Crippen LogP contribution in [0.5, 0.6) is 5.88 Å². The van der Waals surface area contributed by atoms with Crippen molar-refractivity contribution in [1.82, 2.24) is 10.1 Å². The molecule has 1 amide bonds. The van der Waals surface area contributed by atoms with E-state index in [1.165, 1.54) is 7.11 Å². The smallest absolute Gasteiger partial charge is 0.410 e. The Balaban J connectivity index is 1.68. The molecule has 1 aromatic heterocycles. The maximum absolute atomic E-state index is 11.9. The zero-order chi connectivity index (χ0) is 19.3. The lowest BCUT2D eigenvalue weighted by molar-refractivity contribution is -0.141. The monoisotopic (exact) mass is 368 g/mol. The summed E-state index contributed by atoms with van der Waals surface area (Å²) in [6.45, 7) is 9.16. The van der Waals surface area contributed by atoms with Gasteiger partial charge < -0.3 is 23.6 Å². The molecule has 0 spiro atoms. The van der Waals surface area contributed by atoms with E-state index >= 15 is 0 Å². The molecule has 0 radical (unpaired) electrons. The van der Waals surface area contributed by atoms with Gasteiger partial charge in [0.25, 0.3) is 5.88 Å². The number of nitrogens with zero attached hydrogens (tertiary/aromatic N) is 2. The van der Waals surface area contributed by atoms with Crippen molar-refractivity contribution in [2.24, 2.45) is 11.8 Å². The molecule has 1 atom stereocenters. The Hall–Kier alpha value is -2.25. The number of likely N-dealkylation sites (tertiary alicyclic amines) is 1. The highest BCUT2D eigenvalue weighted by molar-refractivity contribution is 5.69. The Morgan fingerprint density at radius 1 is 1.38 bits per heavy atom. The molecule has 0 aliphatic carbocycles. The van der Waals surface area contributed by atoms with Crippen molar-refractivity contribution in [3.63, 3.8) is 0 Å². The molecule has 0 bridgehead atoms. The van der Waals surface area contributed by atoms with Gasteiger partial charge in [0.15, 0.2) is 0 Å². The number of amides is 1. The highest BCUT2D eigenvalue weighted by atomic mass is 16.6. The van der Waals surface area contributed by atoms with E-state index in [-0.39, 0.29) is 23.9 Å². The van der Waals surface area contributed by atoms with Gasteiger partial charge in [-0.2, -0.15) is 0 Å². The number of rotatable bonds is 7. The van der Waals surface area contributed by atoms with Gasteiger partial charge in [0.05, 0.1) is 13.7 Å². The van der Waals surface area contributed by atoms with Crippen LogP contribution in [-0.2, 0) is 20.7 Å². The minimum atomic E-state index is -0.485. The van der Waals surface area contributed by atoms with Gasteiger partial charge in [0, 0.05) is 37.9 Å². The molecule has 1 saturated heterocycles. The fourth-order valence-electron chi connectivity index (χ4n) is 2.60. The quantitative estimate of drug-likeness (QED) is 0.683. The number of methoxy groups -OCH3 is 1. The molecule has 1 aromatic rings. The van der Waals surface area contributed by atoms with Crippen LogP contribution in [0.1, 0.15) is 39.9 Å². The number of aromatic nitrogens is 1. The standard InChI is InChI=1S/C18H28N2O6/c1-12(7-16(21)23-5)6-14-8-15(19-26-14)24-11-13-9-20(10-13)17(22)25-18(2,3)4/h8,12-13H,6-7,9-11H2,1-5H3/t12-/m0/s1. The third-order valence-electron chi connectivity index (χ3n) is 3.91. The summed E-state index contributed by atoms with van der Waals surface area (Å²) in [4.78, 5) is 24.8. The van der Waals surface area contributed by atoms with Crippen LogP contribution in [0.2, 0.25) is 0 Å². The maximum Gasteiger partial charge on any atom is 0.410 e. The molecule has 0 saturated carbocycles. The molecule has 8 nitrogen and oxygen atoms in total. The number of hydrogen-bond donors (Lipinski definition) is 0. The molecular formula is C18H28N2O6. The highest BCUT2D eigenvalue weighted by Crippen LogP contribution is 2.22.